The fourth-order valence-corrected chi connectivity index (χ4v) is 2.92. The van der Waals surface area contributed by atoms with Crippen LogP contribution < -0.4 is 16.2 Å². The van der Waals surface area contributed by atoms with Gasteiger partial charge in [0.05, 0.1) is 12.2 Å². The van der Waals surface area contributed by atoms with Crippen molar-refractivity contribution in [3.63, 3.8) is 0 Å². The maximum Gasteiger partial charge on any atom is 0.322 e. The summed E-state index contributed by atoms with van der Waals surface area (Å²) in [5, 5.41) is 24.4. The summed E-state index contributed by atoms with van der Waals surface area (Å²) in [6.07, 6.45) is 2.74. The molecule has 2 heterocycles. The maximum atomic E-state index is 13.0. The molecule has 1 atom stereocenters. The van der Waals surface area contributed by atoms with Gasteiger partial charge in [-0.3, -0.25) is 14.4 Å². The summed E-state index contributed by atoms with van der Waals surface area (Å²) in [5.41, 5.74) is 0.0929. The van der Waals surface area contributed by atoms with Gasteiger partial charge in [-0.1, -0.05) is 30.3 Å². The van der Waals surface area contributed by atoms with Crippen LogP contribution in [0.15, 0.2) is 41.2 Å². The number of carbonyl (C=O) groups excluding carboxylic acids is 1. The van der Waals surface area contributed by atoms with E-state index in [-0.39, 0.29) is 12.2 Å². The van der Waals surface area contributed by atoms with Crippen LogP contribution >= 0.6 is 0 Å². The van der Waals surface area contributed by atoms with Gasteiger partial charge in [0.1, 0.15) is 24.0 Å². The normalized spacial score (nSPS) is 14.8. The largest absolute Gasteiger partial charge is 0.505 e. The van der Waals surface area contributed by atoms with Crippen molar-refractivity contribution in [3.05, 3.63) is 63.6 Å². The standard InChI is InChI=1S/C19H19N3O6/c1-28-13-8-7-12-16(21-13)17(25)15(18(26)20-9-14(23)24)19(27)22(12)10-11-5-3-2-4-6-11/h2-8,13,21,25H,9-10H2,1H3,(H,20,26)(H,23,24). The second kappa shape index (κ2) is 7.97. The van der Waals surface area contributed by atoms with Crippen molar-refractivity contribution in [2.24, 2.45) is 0 Å². The molecule has 2 aromatic rings. The fourth-order valence-electron chi connectivity index (χ4n) is 2.92. The first kappa shape index (κ1) is 19.2. The number of nitrogens with one attached hydrogen (secondary N) is 2. The van der Waals surface area contributed by atoms with E-state index in [9.17, 15) is 19.5 Å². The van der Waals surface area contributed by atoms with Crippen molar-refractivity contribution in [1.82, 2.24) is 9.88 Å². The van der Waals surface area contributed by atoms with Crippen molar-refractivity contribution < 1.29 is 24.5 Å². The topological polar surface area (TPSA) is 130 Å². The maximum absolute atomic E-state index is 13.0. The molecule has 9 nitrogen and oxygen atoms in total. The highest BCUT2D eigenvalue weighted by molar-refractivity contribution is 6.00. The van der Waals surface area contributed by atoms with Gasteiger partial charge in [0.15, 0.2) is 5.75 Å². The first-order chi connectivity index (χ1) is 13.4. The van der Waals surface area contributed by atoms with Crippen LogP contribution in [0.5, 0.6) is 5.75 Å². The van der Waals surface area contributed by atoms with Crippen LogP contribution in [0.3, 0.4) is 0 Å². The average molecular weight is 385 g/mol. The van der Waals surface area contributed by atoms with E-state index in [4.69, 9.17) is 9.84 Å². The molecule has 3 rings (SSSR count). The van der Waals surface area contributed by atoms with E-state index in [1.165, 1.54) is 11.7 Å². The number of carbonyl (C=O) groups is 2. The van der Waals surface area contributed by atoms with Crippen molar-refractivity contribution >= 4 is 23.6 Å². The number of hydrogen-bond acceptors (Lipinski definition) is 6. The quantitative estimate of drug-likeness (QED) is 0.579. The van der Waals surface area contributed by atoms with Crippen LogP contribution in [0.25, 0.3) is 6.08 Å². The number of nitrogens with zero attached hydrogens (tertiary/aromatic N) is 1. The Hall–Kier alpha value is -3.59. The van der Waals surface area contributed by atoms with Gasteiger partial charge in [0.2, 0.25) is 0 Å². The molecule has 1 aromatic heterocycles. The lowest BCUT2D eigenvalue weighted by molar-refractivity contribution is -0.135. The number of methoxy groups -OCH3 is 1. The van der Waals surface area contributed by atoms with Crippen LogP contribution in [0.2, 0.25) is 0 Å². The lowest BCUT2D eigenvalue weighted by atomic mass is 10.1. The average Bonchev–Trinajstić information content (AvgIpc) is 2.70. The number of carboxylic acids is 1. The number of fused-ring (bicyclic) bond motifs is 1. The molecular formula is C19H19N3O6. The molecule has 0 aliphatic carbocycles. The van der Waals surface area contributed by atoms with Crippen LogP contribution in [-0.4, -0.2) is 46.5 Å². The fraction of sp³-hybridized carbons (Fsp3) is 0.211. The smallest absolute Gasteiger partial charge is 0.322 e. The van der Waals surface area contributed by atoms with Gasteiger partial charge >= 0.3 is 5.97 Å². The predicted octanol–water partition coefficient (Wildman–Crippen LogP) is 0.828. The highest BCUT2D eigenvalue weighted by Gasteiger charge is 2.28. The van der Waals surface area contributed by atoms with Crippen molar-refractivity contribution in [2.75, 3.05) is 19.0 Å². The Morgan fingerprint density at radius 3 is 2.64 bits per heavy atom. The number of amides is 1. The molecule has 9 heteroatoms. The minimum atomic E-state index is -1.27. The third kappa shape index (κ3) is 3.74. The van der Waals surface area contributed by atoms with Gasteiger partial charge < -0.3 is 30.2 Å². The molecule has 0 saturated carbocycles. The summed E-state index contributed by atoms with van der Waals surface area (Å²) in [7, 11) is 1.46. The van der Waals surface area contributed by atoms with E-state index < -0.39 is 41.5 Å². The van der Waals surface area contributed by atoms with E-state index in [2.05, 4.69) is 10.6 Å². The first-order valence-electron chi connectivity index (χ1n) is 8.43. The van der Waals surface area contributed by atoms with Gasteiger partial charge in [-0.15, -0.1) is 0 Å². The summed E-state index contributed by atoms with van der Waals surface area (Å²) >= 11 is 0. The lowest BCUT2D eigenvalue weighted by Crippen LogP contribution is -2.38. The molecule has 1 aliphatic heterocycles. The zero-order valence-corrected chi connectivity index (χ0v) is 15.0. The number of aromatic hydroxyl groups is 1. The summed E-state index contributed by atoms with van der Waals surface area (Å²) in [5.74, 6) is -2.80. The van der Waals surface area contributed by atoms with E-state index in [0.29, 0.717) is 5.69 Å². The number of ether oxygens (including phenoxy) is 1. The van der Waals surface area contributed by atoms with Crippen LogP contribution in [-0.2, 0) is 16.1 Å². The molecule has 0 saturated heterocycles. The Morgan fingerprint density at radius 2 is 2.00 bits per heavy atom. The minimum absolute atomic E-state index is 0.158. The van der Waals surface area contributed by atoms with Gasteiger partial charge in [-0.25, -0.2) is 0 Å². The van der Waals surface area contributed by atoms with Gasteiger partial charge in [-0.05, 0) is 17.7 Å². The highest BCUT2D eigenvalue weighted by atomic mass is 16.5. The third-order valence-corrected chi connectivity index (χ3v) is 4.26. The molecule has 1 aliphatic rings. The summed E-state index contributed by atoms with van der Waals surface area (Å²) < 4.78 is 6.54. The molecule has 0 bridgehead atoms. The summed E-state index contributed by atoms with van der Waals surface area (Å²) in [4.78, 5) is 36.1. The Labute approximate surface area is 159 Å². The molecule has 1 aromatic carbocycles. The first-order valence-corrected chi connectivity index (χ1v) is 8.43. The molecule has 146 valence electrons. The SMILES string of the molecule is COC1C=Cc2c(c(O)c(C(=O)NCC(=O)O)c(=O)n2Cc2ccccc2)N1. The third-order valence-electron chi connectivity index (χ3n) is 4.26. The molecule has 4 N–H and O–H groups in total. The van der Waals surface area contributed by atoms with Crippen LogP contribution in [0.1, 0.15) is 21.6 Å². The van der Waals surface area contributed by atoms with Crippen molar-refractivity contribution in [1.29, 1.82) is 0 Å². The Balaban J connectivity index is 2.14. The number of pyridine rings is 1. The molecule has 0 radical (unpaired) electrons. The molecule has 1 amide bonds. The van der Waals surface area contributed by atoms with Crippen LogP contribution in [0, 0.1) is 0 Å². The zero-order valence-electron chi connectivity index (χ0n) is 15.0. The van der Waals surface area contributed by atoms with Gasteiger partial charge in [-0.2, -0.15) is 0 Å². The molecular weight excluding hydrogens is 366 g/mol. The summed E-state index contributed by atoms with van der Waals surface area (Å²) in [6.45, 7) is -0.521. The predicted molar refractivity (Wildman–Crippen MR) is 101 cm³/mol. The van der Waals surface area contributed by atoms with Gasteiger partial charge in [0.25, 0.3) is 11.5 Å². The highest BCUT2D eigenvalue weighted by Crippen LogP contribution is 2.34. The van der Waals surface area contributed by atoms with Crippen LogP contribution in [0.4, 0.5) is 5.69 Å². The Kier molecular flexibility index (Phi) is 5.46. The minimum Gasteiger partial charge on any atom is -0.505 e. The summed E-state index contributed by atoms with van der Waals surface area (Å²) in [6, 6.07) is 9.14. The molecule has 0 spiro atoms. The van der Waals surface area contributed by atoms with E-state index in [1.54, 1.807) is 12.2 Å². The van der Waals surface area contributed by atoms with Crippen molar-refractivity contribution in [2.45, 2.75) is 12.8 Å². The Morgan fingerprint density at radius 1 is 1.29 bits per heavy atom. The van der Waals surface area contributed by atoms with E-state index >= 15 is 0 Å². The number of anilines is 1. The monoisotopic (exact) mass is 385 g/mol. The number of hydrogen-bond donors (Lipinski definition) is 4. The second-order valence-corrected chi connectivity index (χ2v) is 6.10. The molecule has 0 fully saturated rings. The van der Waals surface area contributed by atoms with Gasteiger partial charge in [0, 0.05) is 7.11 Å². The number of aromatic nitrogens is 1. The number of carboxylic acid groups (broad SMARTS) is 1. The number of aliphatic carboxylic acids is 1. The van der Waals surface area contributed by atoms with E-state index in [0.717, 1.165) is 5.56 Å². The molecule has 1 unspecified atom stereocenters. The lowest BCUT2D eigenvalue weighted by Gasteiger charge is -2.25. The van der Waals surface area contributed by atoms with E-state index in [1.807, 2.05) is 30.3 Å². The molecule has 28 heavy (non-hydrogen) atoms. The number of benzene rings is 1. The second-order valence-electron chi connectivity index (χ2n) is 6.10. The van der Waals surface area contributed by atoms with Crippen molar-refractivity contribution in [3.8, 4) is 5.75 Å². The zero-order chi connectivity index (χ0) is 20.3. The number of rotatable bonds is 6. The Bertz CT molecular complexity index is 997.